The van der Waals surface area contributed by atoms with Gasteiger partial charge in [-0.2, -0.15) is 0 Å². The molecule has 84 valence electrons. The Kier molecular flexibility index (Phi) is 5.34. The zero-order valence-electron chi connectivity index (χ0n) is 8.30. The van der Waals surface area contributed by atoms with Crippen molar-refractivity contribution in [1.29, 1.82) is 0 Å². The predicted molar refractivity (Wildman–Crippen MR) is 56.6 cm³/mol. The highest BCUT2D eigenvalue weighted by atomic mass is 32.2. The van der Waals surface area contributed by atoms with Gasteiger partial charge in [0.1, 0.15) is 6.33 Å². The molecule has 1 heterocycles. The average molecular weight is 231 g/mol. The summed E-state index contributed by atoms with van der Waals surface area (Å²) >= 11 is 0. The Labute approximate surface area is 90.7 Å². The lowest BCUT2D eigenvalue weighted by Crippen LogP contribution is -2.17. The van der Waals surface area contributed by atoms with Crippen LogP contribution in [0, 0.1) is 5.82 Å². The quantitative estimate of drug-likeness (QED) is 0.788. The molecular formula is C9H14FN3OS. The molecule has 1 saturated carbocycles. The van der Waals surface area contributed by atoms with Crippen molar-refractivity contribution in [2.75, 3.05) is 0 Å². The summed E-state index contributed by atoms with van der Waals surface area (Å²) in [6, 6.07) is 0. The van der Waals surface area contributed by atoms with Crippen molar-refractivity contribution < 1.29 is 8.60 Å². The predicted octanol–water partition coefficient (Wildman–Crippen LogP) is 1.17. The van der Waals surface area contributed by atoms with Crippen LogP contribution in [0.1, 0.15) is 25.7 Å². The van der Waals surface area contributed by atoms with Crippen LogP contribution in [0.15, 0.2) is 18.7 Å². The second-order valence-electron chi connectivity index (χ2n) is 3.29. The van der Waals surface area contributed by atoms with Crippen LogP contribution >= 0.6 is 0 Å². The Bertz CT molecular complexity index is 303. The maximum atomic E-state index is 11.8. The van der Waals surface area contributed by atoms with Crippen molar-refractivity contribution in [2.24, 2.45) is 5.14 Å². The Morgan fingerprint density at radius 2 is 1.87 bits per heavy atom. The van der Waals surface area contributed by atoms with Crippen LogP contribution in [-0.4, -0.2) is 19.4 Å². The zero-order valence-corrected chi connectivity index (χ0v) is 9.12. The summed E-state index contributed by atoms with van der Waals surface area (Å²) in [7, 11) is -1.04. The monoisotopic (exact) mass is 231 g/mol. The Morgan fingerprint density at radius 1 is 1.33 bits per heavy atom. The van der Waals surface area contributed by atoms with E-state index in [1.54, 1.807) is 0 Å². The highest BCUT2D eigenvalue weighted by molar-refractivity contribution is 7.83. The molecular weight excluding hydrogens is 217 g/mol. The number of hydrogen-bond acceptors (Lipinski definition) is 3. The first-order chi connectivity index (χ1) is 7.20. The van der Waals surface area contributed by atoms with Gasteiger partial charge in [0.2, 0.25) is 0 Å². The lowest BCUT2D eigenvalue weighted by atomic mass is 10.4. The lowest BCUT2D eigenvalue weighted by molar-refractivity contribution is 0.613. The number of nitrogens with two attached hydrogens (primary N) is 1. The molecule has 1 fully saturated rings. The highest BCUT2D eigenvalue weighted by Crippen LogP contribution is 2.20. The summed E-state index contributed by atoms with van der Waals surface area (Å²) < 4.78 is 22.3. The van der Waals surface area contributed by atoms with Crippen LogP contribution in [0.5, 0.6) is 0 Å². The molecule has 1 aromatic rings. The molecule has 1 aromatic heterocycles. The van der Waals surface area contributed by atoms with Gasteiger partial charge in [-0.25, -0.2) is 18.6 Å². The summed E-state index contributed by atoms with van der Waals surface area (Å²) in [4.78, 5) is 6.80. The first-order valence-electron chi connectivity index (χ1n) is 4.75. The molecule has 2 N–H and O–H groups in total. The number of hydrogen-bond donors (Lipinski definition) is 1. The lowest BCUT2D eigenvalue weighted by Gasteiger charge is -2.00. The fourth-order valence-corrected chi connectivity index (χ4v) is 2.20. The molecule has 1 atom stereocenters. The smallest absolute Gasteiger partial charge is 0.159 e. The minimum atomic E-state index is -1.04. The molecule has 0 saturated heterocycles. The third-order valence-corrected chi connectivity index (χ3v) is 3.29. The SMILES string of the molecule is Fc1cncnc1.NS(=O)C1CCCC1. The van der Waals surface area contributed by atoms with Crippen LogP contribution in [0.3, 0.4) is 0 Å². The van der Waals surface area contributed by atoms with E-state index >= 15 is 0 Å². The number of nitrogens with zero attached hydrogens (tertiary/aromatic N) is 2. The second-order valence-corrected chi connectivity index (χ2v) is 4.62. The van der Waals surface area contributed by atoms with Gasteiger partial charge in [0.15, 0.2) is 5.82 Å². The van der Waals surface area contributed by atoms with Gasteiger partial charge in [0, 0.05) is 5.25 Å². The minimum absolute atomic E-state index is 0.315. The van der Waals surface area contributed by atoms with E-state index in [4.69, 9.17) is 5.14 Å². The third-order valence-electron chi connectivity index (χ3n) is 2.16. The number of rotatable bonds is 1. The van der Waals surface area contributed by atoms with E-state index in [2.05, 4.69) is 9.97 Å². The van der Waals surface area contributed by atoms with Crippen molar-refractivity contribution in [1.82, 2.24) is 9.97 Å². The van der Waals surface area contributed by atoms with Crippen molar-refractivity contribution in [3.63, 3.8) is 0 Å². The maximum Gasteiger partial charge on any atom is 0.159 e. The molecule has 4 nitrogen and oxygen atoms in total. The molecule has 1 aliphatic carbocycles. The first kappa shape index (κ1) is 12.2. The fraction of sp³-hybridized carbons (Fsp3) is 0.556. The normalized spacial score (nSPS) is 18.0. The highest BCUT2D eigenvalue weighted by Gasteiger charge is 2.18. The number of halogens is 1. The topological polar surface area (TPSA) is 68.9 Å². The summed E-state index contributed by atoms with van der Waals surface area (Å²) in [5.74, 6) is -0.400. The van der Waals surface area contributed by atoms with Gasteiger partial charge in [-0.3, -0.25) is 5.14 Å². The van der Waals surface area contributed by atoms with E-state index in [1.807, 2.05) is 0 Å². The van der Waals surface area contributed by atoms with E-state index in [9.17, 15) is 8.60 Å². The van der Waals surface area contributed by atoms with E-state index < -0.39 is 16.8 Å². The van der Waals surface area contributed by atoms with Crippen LogP contribution in [0.2, 0.25) is 0 Å². The van der Waals surface area contributed by atoms with Gasteiger partial charge < -0.3 is 0 Å². The third kappa shape index (κ3) is 4.94. The van der Waals surface area contributed by atoms with Gasteiger partial charge in [-0.05, 0) is 12.8 Å². The molecule has 0 aromatic carbocycles. The van der Waals surface area contributed by atoms with Crippen molar-refractivity contribution in [2.45, 2.75) is 30.9 Å². The summed E-state index contributed by atoms with van der Waals surface area (Å²) in [6.45, 7) is 0. The van der Waals surface area contributed by atoms with E-state index in [-0.39, 0.29) is 0 Å². The average Bonchev–Trinajstić information content (AvgIpc) is 2.72. The van der Waals surface area contributed by atoms with Gasteiger partial charge in [0.05, 0.1) is 23.4 Å². The standard InChI is InChI=1S/C5H11NOS.C4H3FN2/c6-8(7)5-3-1-2-4-5;5-4-1-6-3-7-2-4/h5H,1-4,6H2;1-3H. The molecule has 0 bridgehead atoms. The molecule has 0 radical (unpaired) electrons. The number of aromatic nitrogens is 2. The fourth-order valence-electron chi connectivity index (χ4n) is 1.40. The molecule has 0 aliphatic heterocycles. The summed E-state index contributed by atoms with van der Waals surface area (Å²) in [5.41, 5.74) is 0. The summed E-state index contributed by atoms with van der Waals surface area (Å²) in [6.07, 6.45) is 8.07. The van der Waals surface area contributed by atoms with Crippen LogP contribution in [0.25, 0.3) is 0 Å². The van der Waals surface area contributed by atoms with Crippen LogP contribution < -0.4 is 5.14 Å². The molecule has 15 heavy (non-hydrogen) atoms. The second kappa shape index (κ2) is 6.58. The van der Waals surface area contributed by atoms with Gasteiger partial charge in [-0.1, -0.05) is 12.8 Å². The largest absolute Gasteiger partial charge is 0.252 e. The van der Waals surface area contributed by atoms with Gasteiger partial charge in [0.25, 0.3) is 0 Å². The van der Waals surface area contributed by atoms with Crippen LogP contribution in [-0.2, 0) is 11.0 Å². The molecule has 6 heteroatoms. The van der Waals surface area contributed by atoms with Crippen molar-refractivity contribution >= 4 is 11.0 Å². The first-order valence-corrected chi connectivity index (χ1v) is 6.03. The summed E-state index contributed by atoms with van der Waals surface area (Å²) in [5, 5.41) is 5.48. The molecule has 1 aliphatic rings. The van der Waals surface area contributed by atoms with Gasteiger partial charge in [-0.15, -0.1) is 0 Å². The molecule has 1 unspecified atom stereocenters. The zero-order chi connectivity index (χ0) is 11.1. The van der Waals surface area contributed by atoms with Crippen molar-refractivity contribution in [3.05, 3.63) is 24.5 Å². The minimum Gasteiger partial charge on any atom is -0.252 e. The van der Waals surface area contributed by atoms with Crippen LogP contribution in [0.4, 0.5) is 4.39 Å². The van der Waals surface area contributed by atoms with Gasteiger partial charge >= 0.3 is 0 Å². The molecule has 0 spiro atoms. The molecule has 0 amide bonds. The van der Waals surface area contributed by atoms with E-state index in [1.165, 1.54) is 19.2 Å². The van der Waals surface area contributed by atoms with E-state index in [0.29, 0.717) is 5.25 Å². The molecule has 2 rings (SSSR count). The van der Waals surface area contributed by atoms with E-state index in [0.717, 1.165) is 25.2 Å². The maximum absolute atomic E-state index is 11.8. The Morgan fingerprint density at radius 3 is 2.13 bits per heavy atom. The Hall–Kier alpha value is -0.880. The van der Waals surface area contributed by atoms with Crippen molar-refractivity contribution in [3.8, 4) is 0 Å². The Balaban J connectivity index is 0.000000151.